The van der Waals surface area contributed by atoms with E-state index in [9.17, 15) is 18.9 Å². The van der Waals surface area contributed by atoms with Crippen molar-refractivity contribution in [2.45, 2.75) is 77.5 Å². The van der Waals surface area contributed by atoms with Crippen molar-refractivity contribution in [2.75, 3.05) is 13.2 Å². The number of nitrogens with two attached hydrogens (primary N) is 1. The van der Waals surface area contributed by atoms with Gasteiger partial charge in [0.05, 0.1) is 36.7 Å². The van der Waals surface area contributed by atoms with Gasteiger partial charge in [0.2, 0.25) is 5.91 Å². The Labute approximate surface area is 187 Å². The fourth-order valence-corrected chi connectivity index (χ4v) is 5.12. The molecule has 3 heterocycles. The van der Waals surface area contributed by atoms with Crippen LogP contribution in [0.2, 0.25) is 0 Å². The Hall–Kier alpha value is -1.62. The summed E-state index contributed by atoms with van der Waals surface area (Å²) in [6.07, 6.45) is -0.202. The van der Waals surface area contributed by atoms with Crippen molar-refractivity contribution in [1.29, 1.82) is 0 Å². The highest BCUT2D eigenvalue weighted by molar-refractivity contribution is 7.48. The van der Waals surface area contributed by atoms with Crippen LogP contribution < -0.4 is 5.73 Å². The zero-order valence-corrected chi connectivity index (χ0v) is 19.8. The predicted octanol–water partition coefficient (Wildman–Crippen LogP) is 1.65. The van der Waals surface area contributed by atoms with Crippen LogP contribution in [0, 0.1) is 5.41 Å². The molecule has 2 fully saturated rings. The highest BCUT2D eigenvalue weighted by atomic mass is 31.2. The van der Waals surface area contributed by atoms with Gasteiger partial charge in [0.1, 0.15) is 12.2 Å². The first kappa shape index (κ1) is 25.0. The summed E-state index contributed by atoms with van der Waals surface area (Å²) in [5, 5.41) is 0. The summed E-state index contributed by atoms with van der Waals surface area (Å²) >= 11 is 0. The van der Waals surface area contributed by atoms with Gasteiger partial charge < -0.3 is 15.2 Å². The van der Waals surface area contributed by atoms with E-state index in [4.69, 9.17) is 28.8 Å². The standard InChI is InChI=1S/C20H31N2O9P/c1-12(2)29-18(25)19(3,4)7-9-27-32(26)28-11-14-16(31-32)20(5,21)17(30-14)22-8-6-13(23)10-15(22)24/h6,8,12,14,16-17H,7,9-11,21H2,1-5H3/t14-,16-,17-,20-,32+/m1/s1. The van der Waals surface area contributed by atoms with Crippen LogP contribution in [-0.4, -0.2) is 65.9 Å². The van der Waals surface area contributed by atoms with Gasteiger partial charge in [-0.15, -0.1) is 0 Å². The van der Waals surface area contributed by atoms with Crippen molar-refractivity contribution in [3.8, 4) is 0 Å². The number of ether oxygens (including phenoxy) is 2. The molecule has 32 heavy (non-hydrogen) atoms. The van der Waals surface area contributed by atoms with E-state index in [0.717, 1.165) is 0 Å². The maximum atomic E-state index is 13.1. The summed E-state index contributed by atoms with van der Waals surface area (Å²) in [6, 6.07) is 0. The molecule has 0 radical (unpaired) electrons. The van der Waals surface area contributed by atoms with E-state index in [1.165, 1.54) is 17.2 Å². The first-order valence-corrected chi connectivity index (χ1v) is 12.0. The monoisotopic (exact) mass is 474 g/mol. The molecule has 0 aromatic rings. The molecule has 0 aromatic carbocycles. The molecule has 2 N–H and O–H groups in total. The molecule has 2 saturated heterocycles. The second-order valence-corrected chi connectivity index (χ2v) is 11.0. The van der Waals surface area contributed by atoms with Crippen LogP contribution in [0.25, 0.3) is 0 Å². The van der Waals surface area contributed by atoms with E-state index in [-0.39, 0.29) is 43.9 Å². The normalized spacial score (nSPS) is 35.3. The van der Waals surface area contributed by atoms with Gasteiger partial charge in [0.25, 0.3) is 0 Å². The van der Waals surface area contributed by atoms with Crippen LogP contribution in [0.3, 0.4) is 0 Å². The number of amides is 1. The summed E-state index contributed by atoms with van der Waals surface area (Å²) in [7, 11) is -3.99. The van der Waals surface area contributed by atoms with Gasteiger partial charge in [-0.2, -0.15) is 0 Å². The Balaban J connectivity index is 1.63. The molecule has 11 nitrogen and oxygen atoms in total. The quantitative estimate of drug-likeness (QED) is 0.328. The molecule has 0 bridgehead atoms. The minimum Gasteiger partial charge on any atom is -0.463 e. The minimum atomic E-state index is -3.99. The smallest absolute Gasteiger partial charge is 0.463 e. The largest absolute Gasteiger partial charge is 0.475 e. The molecule has 3 rings (SSSR count). The molecule has 12 heteroatoms. The summed E-state index contributed by atoms with van der Waals surface area (Å²) < 4.78 is 40.6. The average Bonchev–Trinajstić information content (AvgIpc) is 2.91. The first-order chi connectivity index (χ1) is 14.7. The molecule has 5 atom stereocenters. The second kappa shape index (κ2) is 8.96. The number of esters is 1. The van der Waals surface area contributed by atoms with Gasteiger partial charge in [-0.1, -0.05) is 0 Å². The van der Waals surface area contributed by atoms with E-state index < -0.39 is 43.1 Å². The topological polar surface area (TPSA) is 144 Å². The number of allylic oxidation sites excluding steroid dienone is 1. The number of phosphoric acid groups is 1. The van der Waals surface area contributed by atoms with Crippen LogP contribution in [0.4, 0.5) is 0 Å². The Morgan fingerprint density at radius 2 is 2.09 bits per heavy atom. The maximum absolute atomic E-state index is 13.1. The zero-order chi connectivity index (χ0) is 23.9. The maximum Gasteiger partial charge on any atom is 0.475 e. The van der Waals surface area contributed by atoms with Crippen LogP contribution in [0.1, 0.15) is 47.5 Å². The molecule has 1 amide bonds. The average molecular weight is 474 g/mol. The molecular weight excluding hydrogens is 443 g/mol. The summed E-state index contributed by atoms with van der Waals surface area (Å²) in [6.45, 7) is 8.35. The summed E-state index contributed by atoms with van der Waals surface area (Å²) in [4.78, 5) is 37.2. The van der Waals surface area contributed by atoms with Gasteiger partial charge in [0, 0.05) is 6.20 Å². The molecule has 0 spiro atoms. The van der Waals surface area contributed by atoms with Crippen molar-refractivity contribution in [1.82, 2.24) is 4.90 Å². The van der Waals surface area contributed by atoms with Crippen LogP contribution in [0.15, 0.2) is 12.3 Å². The number of phosphoric ester groups is 1. The molecule has 0 aromatic heterocycles. The summed E-state index contributed by atoms with van der Waals surface area (Å²) in [5.74, 6) is -1.15. The lowest BCUT2D eigenvalue weighted by molar-refractivity contribution is -0.158. The van der Waals surface area contributed by atoms with E-state index in [1.54, 1.807) is 34.6 Å². The van der Waals surface area contributed by atoms with E-state index in [1.807, 2.05) is 0 Å². The molecule has 0 unspecified atom stereocenters. The number of nitrogens with zero attached hydrogens (tertiary/aromatic N) is 1. The SMILES string of the molecule is CC(C)OC(=O)C(C)(C)CCO[P@@]1(=O)OC[C@H]2O[C@@H](N3C=CC(=O)CC3=O)[C@](C)(N)[C@@H]2O1. The van der Waals surface area contributed by atoms with E-state index in [0.29, 0.717) is 0 Å². The number of carbonyl (C=O) groups is 3. The molecule has 0 aliphatic carbocycles. The third-order valence-electron chi connectivity index (χ3n) is 5.59. The van der Waals surface area contributed by atoms with Crippen molar-refractivity contribution in [2.24, 2.45) is 11.1 Å². The predicted molar refractivity (Wildman–Crippen MR) is 111 cm³/mol. The van der Waals surface area contributed by atoms with Gasteiger partial charge in [0.15, 0.2) is 12.0 Å². The highest BCUT2D eigenvalue weighted by Crippen LogP contribution is 2.57. The van der Waals surface area contributed by atoms with Crippen LogP contribution >= 0.6 is 7.82 Å². The Morgan fingerprint density at radius 1 is 1.41 bits per heavy atom. The Kier molecular flexibility index (Phi) is 7.01. The second-order valence-electron chi connectivity index (χ2n) is 9.34. The van der Waals surface area contributed by atoms with Gasteiger partial charge in [-0.25, -0.2) is 4.57 Å². The van der Waals surface area contributed by atoms with E-state index >= 15 is 0 Å². The lowest BCUT2D eigenvalue weighted by atomic mass is 9.90. The number of hydrogen-bond acceptors (Lipinski definition) is 10. The molecule has 3 aliphatic heterocycles. The zero-order valence-electron chi connectivity index (χ0n) is 18.9. The fourth-order valence-electron chi connectivity index (χ4n) is 3.64. The fraction of sp³-hybridized carbons (Fsp3) is 0.750. The third-order valence-corrected chi connectivity index (χ3v) is 7.03. The van der Waals surface area contributed by atoms with Crippen LogP contribution in [0.5, 0.6) is 0 Å². The highest BCUT2D eigenvalue weighted by Gasteiger charge is 2.60. The lowest BCUT2D eigenvalue weighted by Crippen LogP contribution is -2.60. The number of ketones is 1. The third kappa shape index (κ3) is 5.13. The van der Waals surface area contributed by atoms with E-state index in [2.05, 4.69) is 0 Å². The van der Waals surface area contributed by atoms with Gasteiger partial charge in [-0.05, 0) is 47.1 Å². The van der Waals surface area contributed by atoms with Crippen molar-refractivity contribution < 1.29 is 42.0 Å². The van der Waals surface area contributed by atoms with Crippen LogP contribution in [-0.2, 0) is 42.0 Å². The van der Waals surface area contributed by atoms with Gasteiger partial charge >= 0.3 is 13.8 Å². The molecule has 0 saturated carbocycles. The Bertz CT molecular complexity index is 854. The number of hydrogen-bond donors (Lipinski definition) is 1. The molecule has 180 valence electrons. The first-order valence-electron chi connectivity index (χ1n) is 10.5. The Morgan fingerprint density at radius 3 is 2.72 bits per heavy atom. The number of fused-ring (bicyclic) bond motifs is 1. The van der Waals surface area contributed by atoms with Gasteiger partial charge in [-0.3, -0.25) is 32.9 Å². The minimum absolute atomic E-state index is 0.0735. The van der Waals surface area contributed by atoms with Crippen molar-refractivity contribution in [3.63, 3.8) is 0 Å². The summed E-state index contributed by atoms with van der Waals surface area (Å²) in [5.41, 5.74) is 4.34. The van der Waals surface area contributed by atoms with Crippen molar-refractivity contribution >= 4 is 25.5 Å². The molecule has 3 aliphatic rings. The lowest BCUT2D eigenvalue weighted by Gasteiger charge is -2.38. The number of rotatable bonds is 7. The molecular formula is C20H31N2O9P. The van der Waals surface area contributed by atoms with Crippen molar-refractivity contribution in [3.05, 3.63) is 12.3 Å². The number of carbonyl (C=O) groups excluding carboxylic acids is 3.